The van der Waals surface area contributed by atoms with Crippen LogP contribution in [0.4, 0.5) is 5.13 Å². The number of para-hydroxylation sites is 1. The summed E-state index contributed by atoms with van der Waals surface area (Å²) in [5.41, 5.74) is 3.94. The highest BCUT2D eigenvalue weighted by atomic mass is 32.1. The van der Waals surface area contributed by atoms with Gasteiger partial charge in [-0.25, -0.2) is 4.98 Å². The monoisotopic (exact) mass is 362 g/mol. The Hall–Kier alpha value is -3.17. The normalized spacial score (nSPS) is 11.2. The van der Waals surface area contributed by atoms with Crippen molar-refractivity contribution in [1.82, 2.24) is 9.55 Å². The van der Waals surface area contributed by atoms with Gasteiger partial charge in [0, 0.05) is 28.1 Å². The summed E-state index contributed by atoms with van der Waals surface area (Å²) in [7, 11) is 0. The van der Waals surface area contributed by atoms with Crippen LogP contribution >= 0.6 is 11.3 Å². The molecule has 0 aliphatic carbocycles. The molecule has 1 amide bonds. The number of thiazole rings is 1. The summed E-state index contributed by atoms with van der Waals surface area (Å²) >= 11 is 1.37. The van der Waals surface area contributed by atoms with E-state index in [9.17, 15) is 10.1 Å². The van der Waals surface area contributed by atoms with Crippen LogP contribution in [0, 0.1) is 32.1 Å². The van der Waals surface area contributed by atoms with Crippen molar-refractivity contribution in [3.8, 4) is 11.8 Å². The smallest absolute Gasteiger partial charge is 0.268 e. The minimum Gasteiger partial charge on any atom is -0.318 e. The van der Waals surface area contributed by atoms with E-state index in [0.29, 0.717) is 5.13 Å². The van der Waals surface area contributed by atoms with Crippen LogP contribution in [-0.2, 0) is 4.79 Å². The van der Waals surface area contributed by atoms with Gasteiger partial charge in [0.15, 0.2) is 5.13 Å². The van der Waals surface area contributed by atoms with Crippen molar-refractivity contribution in [2.75, 3.05) is 5.32 Å². The number of carbonyl (C=O) groups excluding carboxylic acids is 1. The molecule has 0 saturated carbocycles. The molecule has 2 aromatic heterocycles. The zero-order valence-electron chi connectivity index (χ0n) is 14.8. The van der Waals surface area contributed by atoms with Crippen LogP contribution in [0.2, 0.25) is 0 Å². The largest absolute Gasteiger partial charge is 0.318 e. The molecule has 0 bridgehead atoms. The average molecular weight is 362 g/mol. The van der Waals surface area contributed by atoms with Crippen LogP contribution < -0.4 is 5.32 Å². The second-order valence-corrected chi connectivity index (χ2v) is 7.13. The third-order valence-electron chi connectivity index (χ3n) is 3.99. The number of hydrogen-bond donors (Lipinski definition) is 1. The second-order valence-electron chi connectivity index (χ2n) is 5.90. The molecule has 6 heteroatoms. The van der Waals surface area contributed by atoms with Crippen molar-refractivity contribution < 1.29 is 4.79 Å². The molecule has 1 aromatic carbocycles. The maximum Gasteiger partial charge on any atom is 0.268 e. The van der Waals surface area contributed by atoms with E-state index in [1.165, 1.54) is 11.3 Å². The molecule has 0 aliphatic heterocycles. The van der Waals surface area contributed by atoms with Gasteiger partial charge in [0.1, 0.15) is 11.6 Å². The lowest BCUT2D eigenvalue weighted by molar-refractivity contribution is -0.112. The average Bonchev–Trinajstić information content (AvgIpc) is 3.15. The summed E-state index contributed by atoms with van der Waals surface area (Å²) in [5.74, 6) is -0.452. The molecule has 130 valence electrons. The molecular weight excluding hydrogens is 344 g/mol. The molecule has 2 heterocycles. The molecule has 0 spiro atoms. The highest BCUT2D eigenvalue weighted by Crippen LogP contribution is 2.23. The molecule has 3 rings (SSSR count). The maximum absolute atomic E-state index is 12.4. The summed E-state index contributed by atoms with van der Waals surface area (Å²) < 4.78 is 2.10. The van der Waals surface area contributed by atoms with Crippen LogP contribution in [0.3, 0.4) is 0 Å². The fraction of sp³-hybridized carbons (Fsp3) is 0.150. The lowest BCUT2D eigenvalue weighted by atomic mass is 10.1. The Kier molecular flexibility index (Phi) is 5.01. The molecule has 0 radical (unpaired) electrons. The molecule has 0 atom stereocenters. The predicted octanol–water partition coefficient (Wildman–Crippen LogP) is 4.40. The van der Waals surface area contributed by atoms with Crippen molar-refractivity contribution in [3.05, 3.63) is 70.0 Å². The van der Waals surface area contributed by atoms with Gasteiger partial charge in [-0.1, -0.05) is 18.2 Å². The topological polar surface area (TPSA) is 70.7 Å². The van der Waals surface area contributed by atoms with Crippen molar-refractivity contribution in [1.29, 1.82) is 5.26 Å². The molecule has 1 N–H and O–H groups in total. The Morgan fingerprint density at radius 2 is 2.00 bits per heavy atom. The highest BCUT2D eigenvalue weighted by molar-refractivity contribution is 7.15. The number of hydrogen-bond acceptors (Lipinski definition) is 4. The lowest BCUT2D eigenvalue weighted by Crippen LogP contribution is -2.13. The maximum atomic E-state index is 12.4. The molecule has 3 aromatic rings. The lowest BCUT2D eigenvalue weighted by Gasteiger charge is -2.09. The van der Waals surface area contributed by atoms with E-state index in [-0.39, 0.29) is 5.57 Å². The van der Waals surface area contributed by atoms with Gasteiger partial charge in [-0.05, 0) is 50.6 Å². The Morgan fingerprint density at radius 1 is 1.27 bits per heavy atom. The Balaban J connectivity index is 1.93. The fourth-order valence-corrected chi connectivity index (χ4v) is 3.45. The van der Waals surface area contributed by atoms with E-state index in [1.54, 1.807) is 12.3 Å². The standard InChI is InChI=1S/C20H18N4OS/c1-13-9-16(15(3)24(13)18-7-5-4-6-8-18)10-17(11-21)19(25)23-20-22-12-14(2)26-20/h4-10,12H,1-3H3,(H,22,23,25)/b17-10-. The number of carbonyl (C=O) groups is 1. The number of aryl methyl sites for hydroxylation is 2. The van der Waals surface area contributed by atoms with E-state index in [0.717, 1.165) is 27.5 Å². The first-order valence-corrected chi connectivity index (χ1v) is 8.91. The Morgan fingerprint density at radius 3 is 2.62 bits per heavy atom. The molecular formula is C20H18N4OS. The SMILES string of the molecule is Cc1cnc(NC(=O)/C(C#N)=C\c2cc(C)n(-c3ccccc3)c2C)s1. The molecule has 26 heavy (non-hydrogen) atoms. The summed E-state index contributed by atoms with van der Waals surface area (Å²) in [6.07, 6.45) is 3.31. The fourth-order valence-electron chi connectivity index (χ4n) is 2.79. The molecule has 0 saturated heterocycles. The van der Waals surface area contributed by atoms with E-state index < -0.39 is 5.91 Å². The van der Waals surface area contributed by atoms with Crippen molar-refractivity contribution in [2.45, 2.75) is 20.8 Å². The van der Waals surface area contributed by atoms with Gasteiger partial charge in [-0.2, -0.15) is 5.26 Å². The molecule has 0 fully saturated rings. The van der Waals surface area contributed by atoms with Gasteiger partial charge in [0.2, 0.25) is 0 Å². The number of nitrogens with zero attached hydrogens (tertiary/aromatic N) is 3. The summed E-state index contributed by atoms with van der Waals surface area (Å²) in [4.78, 5) is 17.5. The highest BCUT2D eigenvalue weighted by Gasteiger charge is 2.14. The zero-order valence-corrected chi connectivity index (χ0v) is 15.6. The Labute approximate surface area is 156 Å². The van der Waals surface area contributed by atoms with Gasteiger partial charge < -0.3 is 4.57 Å². The first-order valence-electron chi connectivity index (χ1n) is 8.09. The van der Waals surface area contributed by atoms with Crippen molar-refractivity contribution in [3.63, 3.8) is 0 Å². The van der Waals surface area contributed by atoms with Gasteiger partial charge in [0.25, 0.3) is 5.91 Å². The van der Waals surface area contributed by atoms with Gasteiger partial charge in [-0.3, -0.25) is 10.1 Å². The van der Waals surface area contributed by atoms with Crippen LogP contribution in [0.15, 0.2) is 48.2 Å². The van der Waals surface area contributed by atoms with Crippen molar-refractivity contribution in [2.24, 2.45) is 0 Å². The number of benzene rings is 1. The minimum atomic E-state index is -0.452. The quantitative estimate of drug-likeness (QED) is 0.552. The van der Waals surface area contributed by atoms with Crippen LogP contribution in [0.5, 0.6) is 0 Å². The molecule has 0 unspecified atom stereocenters. The third kappa shape index (κ3) is 3.58. The van der Waals surface area contributed by atoms with E-state index in [1.807, 2.05) is 63.2 Å². The Bertz CT molecular complexity index is 1020. The van der Waals surface area contributed by atoms with Gasteiger partial charge in [0.05, 0.1) is 0 Å². The number of anilines is 1. The van der Waals surface area contributed by atoms with Gasteiger partial charge >= 0.3 is 0 Å². The first-order chi connectivity index (χ1) is 12.5. The van der Waals surface area contributed by atoms with E-state index >= 15 is 0 Å². The van der Waals surface area contributed by atoms with Crippen molar-refractivity contribution >= 4 is 28.5 Å². The molecule has 0 aliphatic rings. The van der Waals surface area contributed by atoms with E-state index in [2.05, 4.69) is 14.9 Å². The number of rotatable bonds is 4. The first kappa shape index (κ1) is 17.6. The predicted molar refractivity (Wildman–Crippen MR) is 104 cm³/mol. The number of nitrogens with one attached hydrogen (secondary N) is 1. The summed E-state index contributed by atoms with van der Waals surface area (Å²) in [6.45, 7) is 5.89. The summed E-state index contributed by atoms with van der Waals surface area (Å²) in [5, 5.41) is 12.6. The summed E-state index contributed by atoms with van der Waals surface area (Å²) in [6, 6.07) is 13.9. The number of nitriles is 1. The van der Waals surface area contributed by atoms with Crippen LogP contribution in [0.1, 0.15) is 21.8 Å². The minimum absolute atomic E-state index is 0.0474. The third-order valence-corrected chi connectivity index (χ3v) is 4.82. The van der Waals surface area contributed by atoms with Crippen LogP contribution in [0.25, 0.3) is 11.8 Å². The number of amides is 1. The van der Waals surface area contributed by atoms with E-state index in [4.69, 9.17) is 0 Å². The van der Waals surface area contributed by atoms with Crippen LogP contribution in [-0.4, -0.2) is 15.5 Å². The number of aromatic nitrogens is 2. The van der Waals surface area contributed by atoms with Gasteiger partial charge in [-0.15, -0.1) is 11.3 Å². The zero-order chi connectivity index (χ0) is 18.7. The molecule has 5 nitrogen and oxygen atoms in total. The second kappa shape index (κ2) is 7.38.